The number of amides is 1. The fourth-order valence-electron chi connectivity index (χ4n) is 1.93. The Hall–Kier alpha value is -1.84. The van der Waals surface area contributed by atoms with Crippen LogP contribution < -0.4 is 10.6 Å². The summed E-state index contributed by atoms with van der Waals surface area (Å²) in [4.78, 5) is 15.7. The van der Waals surface area contributed by atoms with Crippen LogP contribution >= 0.6 is 0 Å². The van der Waals surface area contributed by atoms with E-state index in [0.717, 1.165) is 42.2 Å². The van der Waals surface area contributed by atoms with Gasteiger partial charge in [-0.3, -0.25) is 9.79 Å². The molecule has 1 amide bonds. The number of benzene rings is 1. The first-order valence-electron chi connectivity index (χ1n) is 6.40. The first-order valence-corrected chi connectivity index (χ1v) is 6.40. The van der Waals surface area contributed by atoms with Gasteiger partial charge in [0.2, 0.25) is 5.91 Å². The van der Waals surface area contributed by atoms with Crippen LogP contribution in [-0.4, -0.2) is 18.3 Å². The van der Waals surface area contributed by atoms with Gasteiger partial charge in [-0.05, 0) is 37.1 Å². The van der Waals surface area contributed by atoms with E-state index in [-0.39, 0.29) is 5.91 Å². The Kier molecular flexibility index (Phi) is 3.97. The van der Waals surface area contributed by atoms with Gasteiger partial charge in [0.25, 0.3) is 0 Å². The van der Waals surface area contributed by atoms with E-state index in [1.165, 1.54) is 0 Å². The van der Waals surface area contributed by atoms with Crippen molar-refractivity contribution >= 4 is 23.1 Å². The number of hydrogen-bond donors (Lipinski definition) is 2. The second-order valence-corrected chi connectivity index (χ2v) is 4.49. The minimum absolute atomic E-state index is 0.0373. The van der Waals surface area contributed by atoms with Crippen LogP contribution in [0.15, 0.2) is 23.2 Å². The topological polar surface area (TPSA) is 53.5 Å². The number of carbonyl (C=O) groups excluding carboxylic acids is 1. The molecule has 0 radical (unpaired) electrons. The normalized spacial score (nSPS) is 14.2. The zero-order valence-electron chi connectivity index (χ0n) is 10.9. The molecule has 1 aliphatic heterocycles. The zero-order valence-corrected chi connectivity index (χ0v) is 10.9. The molecule has 0 saturated heterocycles. The molecule has 1 heterocycles. The van der Waals surface area contributed by atoms with E-state index in [2.05, 4.69) is 15.6 Å². The van der Waals surface area contributed by atoms with Crippen molar-refractivity contribution in [2.45, 2.75) is 33.1 Å². The van der Waals surface area contributed by atoms with Crippen LogP contribution in [0.25, 0.3) is 0 Å². The van der Waals surface area contributed by atoms with Crippen LogP contribution in [0.3, 0.4) is 0 Å². The molecule has 0 aliphatic carbocycles. The minimum Gasteiger partial charge on any atom is -0.344 e. The molecule has 1 aromatic carbocycles. The van der Waals surface area contributed by atoms with E-state index in [1.807, 2.05) is 32.0 Å². The van der Waals surface area contributed by atoms with Gasteiger partial charge in [-0.25, -0.2) is 0 Å². The van der Waals surface area contributed by atoms with Crippen LogP contribution in [0.4, 0.5) is 11.4 Å². The highest BCUT2D eigenvalue weighted by Gasteiger charge is 2.08. The highest BCUT2D eigenvalue weighted by Crippen LogP contribution is 2.21. The lowest BCUT2D eigenvalue weighted by atomic mass is 10.1. The van der Waals surface area contributed by atoms with Gasteiger partial charge in [-0.1, -0.05) is 6.92 Å². The molecule has 0 saturated carbocycles. The van der Waals surface area contributed by atoms with E-state index in [9.17, 15) is 4.79 Å². The Morgan fingerprint density at radius 2 is 2.28 bits per heavy atom. The highest BCUT2D eigenvalue weighted by molar-refractivity contribution is 5.97. The van der Waals surface area contributed by atoms with Gasteiger partial charge in [-0.2, -0.15) is 0 Å². The summed E-state index contributed by atoms with van der Waals surface area (Å²) in [6.07, 6.45) is 2.65. The summed E-state index contributed by atoms with van der Waals surface area (Å²) < 4.78 is 0. The number of aryl methyl sites for hydroxylation is 1. The largest absolute Gasteiger partial charge is 0.344 e. The molecule has 4 heteroatoms. The molecular weight excluding hydrogens is 226 g/mol. The fourth-order valence-corrected chi connectivity index (χ4v) is 1.93. The molecule has 0 unspecified atom stereocenters. The lowest BCUT2D eigenvalue weighted by Gasteiger charge is -2.11. The Morgan fingerprint density at radius 3 is 2.89 bits per heavy atom. The summed E-state index contributed by atoms with van der Waals surface area (Å²) in [6, 6.07) is 5.88. The van der Waals surface area contributed by atoms with Gasteiger partial charge >= 0.3 is 0 Å². The fraction of sp³-hybridized carbons (Fsp3) is 0.429. The first kappa shape index (κ1) is 12.6. The molecule has 0 bridgehead atoms. The maximum absolute atomic E-state index is 11.3. The van der Waals surface area contributed by atoms with Gasteiger partial charge in [0.05, 0.1) is 0 Å². The number of carbonyl (C=O) groups is 1. The van der Waals surface area contributed by atoms with Crippen molar-refractivity contribution in [2.75, 3.05) is 17.2 Å². The first-order chi connectivity index (χ1) is 8.69. The predicted molar refractivity (Wildman–Crippen MR) is 75.3 cm³/mol. The van der Waals surface area contributed by atoms with Gasteiger partial charge in [0, 0.05) is 30.8 Å². The van der Waals surface area contributed by atoms with Gasteiger partial charge in [0.15, 0.2) is 0 Å². The van der Waals surface area contributed by atoms with Gasteiger partial charge < -0.3 is 10.6 Å². The van der Waals surface area contributed by atoms with Crippen molar-refractivity contribution < 1.29 is 4.79 Å². The van der Waals surface area contributed by atoms with Crippen molar-refractivity contribution in [1.29, 1.82) is 0 Å². The third-order valence-corrected chi connectivity index (χ3v) is 2.98. The number of anilines is 2. The summed E-state index contributed by atoms with van der Waals surface area (Å²) in [6.45, 7) is 4.79. The minimum atomic E-state index is 0.0373. The average molecular weight is 245 g/mol. The lowest BCUT2D eigenvalue weighted by molar-refractivity contribution is -0.115. The third kappa shape index (κ3) is 3.09. The van der Waals surface area contributed by atoms with E-state index < -0.39 is 0 Å². The van der Waals surface area contributed by atoms with Crippen molar-refractivity contribution in [3.63, 3.8) is 0 Å². The monoisotopic (exact) mass is 245 g/mol. The molecule has 1 aromatic rings. The van der Waals surface area contributed by atoms with Crippen LogP contribution in [0.2, 0.25) is 0 Å². The maximum atomic E-state index is 11.3. The average Bonchev–Trinajstić information content (AvgIpc) is 2.85. The van der Waals surface area contributed by atoms with Crippen LogP contribution in [0.1, 0.15) is 31.7 Å². The number of hydrogen-bond acceptors (Lipinski definition) is 3. The number of rotatable bonds is 3. The van der Waals surface area contributed by atoms with Gasteiger partial charge in [0.1, 0.15) is 5.84 Å². The third-order valence-electron chi connectivity index (χ3n) is 2.98. The number of nitrogens with zero attached hydrogens (tertiary/aromatic N) is 1. The molecule has 2 N–H and O–H groups in total. The van der Waals surface area contributed by atoms with Crippen molar-refractivity contribution in [2.24, 2.45) is 4.99 Å². The van der Waals surface area contributed by atoms with Crippen molar-refractivity contribution in [3.05, 3.63) is 23.8 Å². The Bertz CT molecular complexity index is 480. The van der Waals surface area contributed by atoms with E-state index >= 15 is 0 Å². The molecule has 18 heavy (non-hydrogen) atoms. The Labute approximate surface area is 108 Å². The summed E-state index contributed by atoms with van der Waals surface area (Å²) >= 11 is 0. The van der Waals surface area contributed by atoms with Crippen molar-refractivity contribution in [1.82, 2.24) is 0 Å². The quantitative estimate of drug-likeness (QED) is 0.860. The van der Waals surface area contributed by atoms with Crippen LogP contribution in [-0.2, 0) is 4.79 Å². The molecular formula is C14H19N3O. The maximum Gasteiger partial charge on any atom is 0.224 e. The number of nitrogens with one attached hydrogen (secondary N) is 2. The zero-order chi connectivity index (χ0) is 13.0. The molecule has 0 spiro atoms. The molecule has 1 aliphatic rings. The summed E-state index contributed by atoms with van der Waals surface area (Å²) in [5.74, 6) is 1.10. The molecule has 96 valence electrons. The van der Waals surface area contributed by atoms with Gasteiger partial charge in [-0.15, -0.1) is 0 Å². The van der Waals surface area contributed by atoms with E-state index in [0.29, 0.717) is 6.42 Å². The molecule has 0 atom stereocenters. The number of aliphatic imine (C=N–C) groups is 1. The SMILES string of the molecule is CCC(=O)Nc1ccc(NC2=NCCC2)c(C)c1. The standard InChI is InChI=1S/C14H19N3O/c1-3-14(18)16-11-6-7-12(10(2)9-11)17-13-5-4-8-15-13/h6-7,9H,3-5,8H2,1-2H3,(H,15,17)(H,16,18). The number of amidine groups is 1. The Balaban J connectivity index is 2.07. The second kappa shape index (κ2) is 5.67. The molecule has 2 rings (SSSR count). The van der Waals surface area contributed by atoms with E-state index in [4.69, 9.17) is 0 Å². The van der Waals surface area contributed by atoms with E-state index in [1.54, 1.807) is 0 Å². The van der Waals surface area contributed by atoms with Crippen LogP contribution in [0.5, 0.6) is 0 Å². The lowest BCUT2D eigenvalue weighted by Crippen LogP contribution is -2.11. The van der Waals surface area contributed by atoms with Crippen LogP contribution in [0, 0.1) is 6.92 Å². The van der Waals surface area contributed by atoms with Crippen molar-refractivity contribution in [3.8, 4) is 0 Å². The second-order valence-electron chi connectivity index (χ2n) is 4.49. The summed E-state index contributed by atoms with van der Waals surface area (Å²) in [7, 11) is 0. The molecule has 0 aromatic heterocycles. The smallest absolute Gasteiger partial charge is 0.224 e. The molecule has 4 nitrogen and oxygen atoms in total. The summed E-state index contributed by atoms with van der Waals surface area (Å²) in [5.41, 5.74) is 3.02. The highest BCUT2D eigenvalue weighted by atomic mass is 16.1. The Morgan fingerprint density at radius 1 is 1.44 bits per heavy atom. The summed E-state index contributed by atoms with van der Waals surface area (Å²) in [5, 5.41) is 6.20. The molecule has 0 fully saturated rings. The predicted octanol–water partition coefficient (Wildman–Crippen LogP) is 2.95.